The SMILES string of the molecule is O=C(O)c1ccc(Br)cc1S(=O)(=O)Cc1cccs1. The van der Waals surface area contributed by atoms with Gasteiger partial charge in [0.1, 0.15) is 0 Å². The van der Waals surface area contributed by atoms with Gasteiger partial charge in [-0.05, 0) is 29.6 Å². The van der Waals surface area contributed by atoms with Gasteiger partial charge in [-0.15, -0.1) is 11.3 Å². The molecule has 0 atom stereocenters. The quantitative estimate of drug-likeness (QED) is 0.908. The molecular weight excluding hydrogens is 352 g/mol. The van der Waals surface area contributed by atoms with Crippen molar-refractivity contribution in [1.82, 2.24) is 0 Å². The molecule has 1 aromatic heterocycles. The molecule has 1 heterocycles. The van der Waals surface area contributed by atoms with Gasteiger partial charge < -0.3 is 5.11 Å². The summed E-state index contributed by atoms with van der Waals surface area (Å²) in [5.41, 5.74) is -0.209. The summed E-state index contributed by atoms with van der Waals surface area (Å²) < 4.78 is 25.1. The summed E-state index contributed by atoms with van der Waals surface area (Å²) in [4.78, 5) is 11.6. The first-order chi connectivity index (χ1) is 8.90. The van der Waals surface area contributed by atoms with Gasteiger partial charge >= 0.3 is 5.97 Å². The third-order valence-electron chi connectivity index (χ3n) is 2.42. The van der Waals surface area contributed by atoms with Crippen LogP contribution in [0.25, 0.3) is 0 Å². The highest BCUT2D eigenvalue weighted by molar-refractivity contribution is 9.10. The number of carboxylic acid groups (broad SMARTS) is 1. The van der Waals surface area contributed by atoms with Crippen molar-refractivity contribution in [2.24, 2.45) is 0 Å². The minimum Gasteiger partial charge on any atom is -0.478 e. The average molecular weight is 361 g/mol. The van der Waals surface area contributed by atoms with Crippen LogP contribution in [0.1, 0.15) is 15.2 Å². The largest absolute Gasteiger partial charge is 0.478 e. The van der Waals surface area contributed by atoms with E-state index in [1.54, 1.807) is 17.5 Å². The number of aromatic carboxylic acids is 1. The van der Waals surface area contributed by atoms with Crippen molar-refractivity contribution in [3.05, 3.63) is 50.6 Å². The van der Waals surface area contributed by atoms with Gasteiger partial charge in [-0.3, -0.25) is 0 Å². The molecule has 2 rings (SSSR count). The Labute approximate surface area is 122 Å². The highest BCUT2D eigenvalue weighted by Crippen LogP contribution is 2.25. The predicted molar refractivity (Wildman–Crippen MR) is 76.3 cm³/mol. The normalized spacial score (nSPS) is 11.4. The number of carboxylic acids is 1. The van der Waals surface area contributed by atoms with Gasteiger partial charge in [0.25, 0.3) is 0 Å². The van der Waals surface area contributed by atoms with E-state index in [1.807, 2.05) is 0 Å². The highest BCUT2D eigenvalue weighted by atomic mass is 79.9. The third kappa shape index (κ3) is 3.23. The Balaban J connectivity index is 2.50. The zero-order chi connectivity index (χ0) is 14.0. The van der Waals surface area contributed by atoms with E-state index < -0.39 is 15.8 Å². The van der Waals surface area contributed by atoms with Crippen LogP contribution in [-0.2, 0) is 15.6 Å². The van der Waals surface area contributed by atoms with Crippen LogP contribution in [0.15, 0.2) is 45.1 Å². The molecular formula is C12H9BrO4S2. The lowest BCUT2D eigenvalue weighted by Gasteiger charge is -2.07. The highest BCUT2D eigenvalue weighted by Gasteiger charge is 2.23. The maximum atomic E-state index is 12.3. The number of carbonyl (C=O) groups is 1. The van der Waals surface area contributed by atoms with Crippen LogP contribution in [0, 0.1) is 0 Å². The molecule has 0 radical (unpaired) electrons. The van der Waals surface area contributed by atoms with Crippen molar-refractivity contribution >= 4 is 43.1 Å². The second-order valence-electron chi connectivity index (χ2n) is 3.78. The lowest BCUT2D eigenvalue weighted by molar-refractivity contribution is 0.0692. The van der Waals surface area contributed by atoms with Gasteiger partial charge in [-0.25, -0.2) is 13.2 Å². The molecule has 4 nitrogen and oxygen atoms in total. The van der Waals surface area contributed by atoms with Gasteiger partial charge in [0.05, 0.1) is 16.2 Å². The van der Waals surface area contributed by atoms with Crippen LogP contribution in [0.4, 0.5) is 0 Å². The maximum absolute atomic E-state index is 12.3. The summed E-state index contributed by atoms with van der Waals surface area (Å²) in [6.45, 7) is 0. The van der Waals surface area contributed by atoms with Crippen LogP contribution in [0.2, 0.25) is 0 Å². The van der Waals surface area contributed by atoms with E-state index in [0.717, 1.165) is 0 Å². The summed E-state index contributed by atoms with van der Waals surface area (Å²) in [6, 6.07) is 7.59. The van der Waals surface area contributed by atoms with Gasteiger partial charge in [-0.2, -0.15) is 0 Å². The van der Waals surface area contributed by atoms with Crippen molar-refractivity contribution in [3.8, 4) is 0 Å². The zero-order valence-corrected chi connectivity index (χ0v) is 12.8. The van der Waals surface area contributed by atoms with E-state index in [2.05, 4.69) is 15.9 Å². The second-order valence-corrected chi connectivity index (χ2v) is 7.69. The Morgan fingerprint density at radius 3 is 2.63 bits per heavy atom. The topological polar surface area (TPSA) is 71.4 Å². The Morgan fingerprint density at radius 1 is 1.32 bits per heavy atom. The molecule has 0 amide bonds. The van der Waals surface area contributed by atoms with E-state index in [4.69, 9.17) is 5.11 Å². The molecule has 0 spiro atoms. The van der Waals surface area contributed by atoms with E-state index >= 15 is 0 Å². The fourth-order valence-corrected chi connectivity index (χ4v) is 4.75. The molecule has 1 aromatic carbocycles. The molecule has 0 fully saturated rings. The lowest BCUT2D eigenvalue weighted by Crippen LogP contribution is -2.10. The first-order valence-corrected chi connectivity index (χ1v) is 8.50. The first kappa shape index (κ1) is 14.2. The molecule has 2 aromatic rings. The van der Waals surface area contributed by atoms with Gasteiger partial charge in [-0.1, -0.05) is 22.0 Å². The minimum atomic E-state index is -3.68. The van der Waals surface area contributed by atoms with Gasteiger partial charge in [0, 0.05) is 9.35 Å². The van der Waals surface area contributed by atoms with Crippen molar-refractivity contribution < 1.29 is 18.3 Å². The summed E-state index contributed by atoms with van der Waals surface area (Å²) in [7, 11) is -3.68. The molecule has 0 saturated carbocycles. The first-order valence-electron chi connectivity index (χ1n) is 5.18. The van der Waals surface area contributed by atoms with Crippen LogP contribution in [-0.4, -0.2) is 19.5 Å². The molecule has 0 aliphatic heterocycles. The molecule has 0 saturated heterocycles. The Bertz CT molecular complexity index is 705. The number of sulfone groups is 1. The van der Waals surface area contributed by atoms with Crippen molar-refractivity contribution in [1.29, 1.82) is 0 Å². The summed E-state index contributed by atoms with van der Waals surface area (Å²) in [5, 5.41) is 10.9. The molecule has 0 aliphatic carbocycles. The fourth-order valence-electron chi connectivity index (χ4n) is 1.59. The summed E-state index contributed by atoms with van der Waals surface area (Å²) >= 11 is 4.49. The lowest BCUT2D eigenvalue weighted by atomic mass is 10.2. The zero-order valence-electron chi connectivity index (χ0n) is 9.54. The average Bonchev–Trinajstić information content (AvgIpc) is 2.80. The number of thiophene rings is 1. The number of hydrogen-bond acceptors (Lipinski definition) is 4. The summed E-state index contributed by atoms with van der Waals surface area (Å²) in [6.07, 6.45) is 0. The van der Waals surface area contributed by atoms with Gasteiger partial charge in [0.15, 0.2) is 9.84 Å². The standard InChI is InChI=1S/C12H9BrO4S2/c13-8-3-4-10(12(14)15)11(6-8)19(16,17)7-9-2-1-5-18-9/h1-6H,7H2,(H,14,15). The number of hydrogen-bond donors (Lipinski definition) is 1. The third-order valence-corrected chi connectivity index (χ3v) is 5.67. The second kappa shape index (κ2) is 5.44. The number of rotatable bonds is 4. The molecule has 100 valence electrons. The monoisotopic (exact) mass is 360 g/mol. The summed E-state index contributed by atoms with van der Waals surface area (Å²) in [5.74, 6) is -1.45. The predicted octanol–water partition coefficient (Wildman–Crippen LogP) is 3.18. The van der Waals surface area contributed by atoms with Crippen LogP contribution < -0.4 is 0 Å². The minimum absolute atomic E-state index is 0.164. The van der Waals surface area contributed by atoms with Crippen molar-refractivity contribution in [3.63, 3.8) is 0 Å². The van der Waals surface area contributed by atoms with Crippen LogP contribution >= 0.6 is 27.3 Å². The molecule has 0 unspecified atom stereocenters. The van der Waals surface area contributed by atoms with E-state index in [1.165, 1.54) is 29.5 Å². The number of halogens is 1. The molecule has 0 aliphatic rings. The molecule has 19 heavy (non-hydrogen) atoms. The smallest absolute Gasteiger partial charge is 0.337 e. The fraction of sp³-hybridized carbons (Fsp3) is 0.0833. The molecule has 7 heteroatoms. The maximum Gasteiger partial charge on any atom is 0.337 e. The Hall–Kier alpha value is -1.18. The number of benzene rings is 1. The Morgan fingerprint density at radius 2 is 2.05 bits per heavy atom. The van der Waals surface area contributed by atoms with Gasteiger partial charge in [0.2, 0.25) is 0 Å². The van der Waals surface area contributed by atoms with E-state index in [0.29, 0.717) is 9.35 Å². The molecule has 0 bridgehead atoms. The Kier molecular flexibility index (Phi) is 4.07. The van der Waals surface area contributed by atoms with Crippen molar-refractivity contribution in [2.75, 3.05) is 0 Å². The van der Waals surface area contributed by atoms with Crippen LogP contribution in [0.3, 0.4) is 0 Å². The molecule has 1 N–H and O–H groups in total. The van der Waals surface area contributed by atoms with Crippen molar-refractivity contribution in [2.45, 2.75) is 10.6 Å². The van der Waals surface area contributed by atoms with E-state index in [9.17, 15) is 13.2 Å². The van der Waals surface area contributed by atoms with Crippen LogP contribution in [0.5, 0.6) is 0 Å². The van der Waals surface area contributed by atoms with E-state index in [-0.39, 0.29) is 16.2 Å².